The predicted octanol–water partition coefficient (Wildman–Crippen LogP) is 2.10. The van der Waals surface area contributed by atoms with Gasteiger partial charge in [-0.05, 0) is 16.7 Å². The Kier molecular flexibility index (Phi) is 3.10. The zero-order chi connectivity index (χ0) is 14.2. The van der Waals surface area contributed by atoms with E-state index in [4.69, 9.17) is 4.74 Å². The van der Waals surface area contributed by atoms with E-state index in [2.05, 4.69) is 0 Å². The number of hydrogen-bond acceptors (Lipinski definition) is 4. The molecule has 0 spiro atoms. The van der Waals surface area contributed by atoms with Gasteiger partial charge in [-0.3, -0.25) is 4.57 Å². The van der Waals surface area contributed by atoms with E-state index in [-0.39, 0.29) is 18.1 Å². The van der Waals surface area contributed by atoms with Crippen LogP contribution in [0.4, 0.5) is 4.79 Å². The molecule has 0 bridgehead atoms. The molecule has 1 aromatic heterocycles. The number of rotatable bonds is 2. The van der Waals surface area contributed by atoms with E-state index < -0.39 is 15.9 Å². The van der Waals surface area contributed by atoms with E-state index in [9.17, 15) is 13.2 Å². The van der Waals surface area contributed by atoms with Crippen LogP contribution in [0, 0.1) is 0 Å². The molecule has 6 heteroatoms. The number of fused-ring (bicyclic) bond motifs is 1. The Morgan fingerprint density at radius 1 is 1.10 bits per heavy atom. The van der Waals surface area contributed by atoms with Crippen LogP contribution in [0.3, 0.4) is 0 Å². The summed E-state index contributed by atoms with van der Waals surface area (Å²) in [5.74, 6) is 0.00258. The molecule has 0 saturated heterocycles. The number of carbonyl (C=O) groups is 1. The molecule has 0 amide bonds. The van der Waals surface area contributed by atoms with Crippen molar-refractivity contribution in [1.82, 2.24) is 4.57 Å². The van der Waals surface area contributed by atoms with Crippen LogP contribution >= 0.6 is 0 Å². The van der Waals surface area contributed by atoms with E-state index in [0.717, 1.165) is 5.56 Å². The van der Waals surface area contributed by atoms with Crippen LogP contribution in [0.25, 0.3) is 0 Å². The fraction of sp³-hybridized carbons (Fsp3) is 0.214. The molecule has 2 heterocycles. The van der Waals surface area contributed by atoms with Crippen LogP contribution in [0.2, 0.25) is 0 Å². The van der Waals surface area contributed by atoms with Crippen molar-refractivity contribution in [3.05, 3.63) is 59.4 Å². The summed E-state index contributed by atoms with van der Waals surface area (Å²) in [6.07, 6.45) is 2.57. The summed E-state index contributed by atoms with van der Waals surface area (Å²) >= 11 is 0. The Labute approximate surface area is 116 Å². The average molecular weight is 291 g/mol. The van der Waals surface area contributed by atoms with Gasteiger partial charge in [0.15, 0.2) is 9.84 Å². The highest BCUT2D eigenvalue weighted by Crippen LogP contribution is 2.25. The van der Waals surface area contributed by atoms with Gasteiger partial charge < -0.3 is 4.74 Å². The summed E-state index contributed by atoms with van der Waals surface area (Å²) in [6.45, 7) is 0.195. The van der Waals surface area contributed by atoms with E-state index in [0.29, 0.717) is 11.1 Å². The Bertz CT molecular complexity index is 717. The first kappa shape index (κ1) is 12.9. The van der Waals surface area contributed by atoms with E-state index in [1.165, 1.54) is 17.0 Å². The highest BCUT2D eigenvalue weighted by atomic mass is 32.2. The largest absolute Gasteiger partial charge is 0.444 e. The van der Waals surface area contributed by atoms with Crippen LogP contribution in [-0.2, 0) is 32.7 Å². The molecule has 5 nitrogen and oxygen atoms in total. The average Bonchev–Trinajstić information content (AvgIpc) is 2.90. The van der Waals surface area contributed by atoms with Crippen LogP contribution in [0.1, 0.15) is 16.7 Å². The van der Waals surface area contributed by atoms with E-state index >= 15 is 0 Å². The molecule has 1 aliphatic heterocycles. The quantitative estimate of drug-likeness (QED) is 0.850. The number of aromatic nitrogens is 1. The molecule has 104 valence electrons. The van der Waals surface area contributed by atoms with Crippen LogP contribution in [0.15, 0.2) is 42.7 Å². The molecule has 0 unspecified atom stereocenters. The third kappa shape index (κ3) is 2.60. The summed E-state index contributed by atoms with van der Waals surface area (Å²) in [6, 6.07) is 9.38. The van der Waals surface area contributed by atoms with Gasteiger partial charge in [-0.25, -0.2) is 13.2 Å². The van der Waals surface area contributed by atoms with Crippen molar-refractivity contribution in [1.29, 1.82) is 0 Å². The highest BCUT2D eigenvalue weighted by molar-refractivity contribution is 7.90. The van der Waals surface area contributed by atoms with Crippen LogP contribution < -0.4 is 0 Å². The van der Waals surface area contributed by atoms with Crippen molar-refractivity contribution < 1.29 is 17.9 Å². The molecule has 3 rings (SSSR count). The monoisotopic (exact) mass is 291 g/mol. The molecular weight excluding hydrogens is 278 g/mol. The maximum atomic E-state index is 11.9. The zero-order valence-corrected chi connectivity index (χ0v) is 11.5. The van der Waals surface area contributed by atoms with Gasteiger partial charge in [0.25, 0.3) is 0 Å². The normalized spacial score (nSPS) is 15.8. The lowest BCUT2D eigenvalue weighted by Crippen LogP contribution is -2.12. The third-order valence-corrected chi connectivity index (χ3v) is 4.67. The lowest BCUT2D eigenvalue weighted by atomic mass is 10.2. The second-order valence-corrected chi connectivity index (χ2v) is 6.85. The van der Waals surface area contributed by atoms with Gasteiger partial charge in [0.05, 0.1) is 11.5 Å². The minimum absolute atomic E-state index is 0.00129. The maximum Gasteiger partial charge on any atom is 0.418 e. The number of ether oxygens (including phenoxy) is 1. The molecule has 2 aromatic rings. The van der Waals surface area contributed by atoms with Gasteiger partial charge in [-0.1, -0.05) is 30.3 Å². The second kappa shape index (κ2) is 4.79. The fourth-order valence-corrected chi connectivity index (χ4v) is 3.79. The van der Waals surface area contributed by atoms with Gasteiger partial charge in [0.2, 0.25) is 0 Å². The summed E-state index contributed by atoms with van der Waals surface area (Å²) in [4.78, 5) is 11.9. The minimum atomic E-state index is -3.03. The summed E-state index contributed by atoms with van der Waals surface area (Å²) in [7, 11) is -3.03. The molecule has 0 fully saturated rings. The SMILES string of the molecule is O=C(OCc1ccccc1)n1cc2c(c1)CS(=O)(=O)C2. The molecule has 0 aliphatic carbocycles. The van der Waals surface area contributed by atoms with Gasteiger partial charge in [-0.2, -0.15) is 0 Å². The van der Waals surface area contributed by atoms with Crippen molar-refractivity contribution in [2.75, 3.05) is 0 Å². The Morgan fingerprint density at radius 2 is 1.70 bits per heavy atom. The molecule has 1 aromatic carbocycles. The number of nitrogens with zero attached hydrogens (tertiary/aromatic N) is 1. The maximum absolute atomic E-state index is 11.9. The molecule has 0 saturated carbocycles. The smallest absolute Gasteiger partial charge is 0.418 e. The molecule has 1 aliphatic rings. The first-order valence-corrected chi connectivity index (χ1v) is 7.97. The first-order valence-electron chi connectivity index (χ1n) is 6.15. The van der Waals surface area contributed by atoms with E-state index in [1.54, 1.807) is 0 Å². The van der Waals surface area contributed by atoms with Gasteiger partial charge in [0, 0.05) is 12.4 Å². The fourth-order valence-electron chi connectivity index (χ4n) is 2.22. The van der Waals surface area contributed by atoms with Crippen molar-refractivity contribution >= 4 is 15.9 Å². The molecule has 0 radical (unpaired) electrons. The van der Waals surface area contributed by atoms with Crippen molar-refractivity contribution in [2.45, 2.75) is 18.1 Å². The number of hydrogen-bond donors (Lipinski definition) is 0. The third-order valence-electron chi connectivity index (χ3n) is 3.17. The summed E-state index contributed by atoms with van der Waals surface area (Å²) in [5.41, 5.74) is 2.27. The molecule has 0 N–H and O–H groups in total. The number of carbonyl (C=O) groups excluding carboxylic acids is 1. The van der Waals surface area contributed by atoms with Crippen molar-refractivity contribution in [2.24, 2.45) is 0 Å². The van der Waals surface area contributed by atoms with Crippen molar-refractivity contribution in [3.8, 4) is 0 Å². The Hall–Kier alpha value is -2.08. The molecule has 20 heavy (non-hydrogen) atoms. The lowest BCUT2D eigenvalue weighted by molar-refractivity contribution is 0.141. The molecular formula is C14H13NO4S. The second-order valence-electron chi connectivity index (χ2n) is 4.79. The van der Waals surface area contributed by atoms with Gasteiger partial charge >= 0.3 is 6.09 Å². The van der Waals surface area contributed by atoms with Crippen LogP contribution in [0.5, 0.6) is 0 Å². The standard InChI is InChI=1S/C14H13NO4S/c16-14(19-8-11-4-2-1-3-5-11)15-6-12-9-20(17,18)10-13(12)7-15/h1-7H,8-10H2. The lowest BCUT2D eigenvalue weighted by Gasteiger charge is -2.05. The Balaban J connectivity index is 1.68. The van der Waals surface area contributed by atoms with E-state index in [1.807, 2.05) is 30.3 Å². The summed E-state index contributed by atoms with van der Waals surface area (Å²) in [5, 5.41) is 0. The predicted molar refractivity (Wildman–Crippen MR) is 72.8 cm³/mol. The van der Waals surface area contributed by atoms with Crippen molar-refractivity contribution in [3.63, 3.8) is 0 Å². The first-order chi connectivity index (χ1) is 9.53. The minimum Gasteiger partial charge on any atom is -0.444 e. The number of sulfone groups is 1. The van der Waals surface area contributed by atoms with Gasteiger partial charge in [0.1, 0.15) is 6.61 Å². The van der Waals surface area contributed by atoms with Crippen LogP contribution in [-0.4, -0.2) is 19.1 Å². The van der Waals surface area contributed by atoms with Gasteiger partial charge in [-0.15, -0.1) is 0 Å². The Morgan fingerprint density at radius 3 is 2.30 bits per heavy atom. The molecule has 0 atom stereocenters. The number of benzene rings is 1. The highest BCUT2D eigenvalue weighted by Gasteiger charge is 2.27. The topological polar surface area (TPSA) is 65.4 Å². The summed E-state index contributed by atoms with van der Waals surface area (Å²) < 4.78 is 29.3. The zero-order valence-electron chi connectivity index (χ0n) is 10.7.